The molecule has 1 aromatic carbocycles. The zero-order valence-electron chi connectivity index (χ0n) is 18.7. The second-order valence-corrected chi connectivity index (χ2v) is 8.79. The van der Waals surface area contributed by atoms with E-state index in [0.717, 1.165) is 5.56 Å². The second-order valence-electron chi connectivity index (χ2n) is 8.79. The summed E-state index contributed by atoms with van der Waals surface area (Å²) >= 11 is 0. The van der Waals surface area contributed by atoms with Crippen LogP contribution in [0.5, 0.6) is 0 Å². The lowest BCUT2D eigenvalue weighted by atomic mass is 9.86. The van der Waals surface area contributed by atoms with Crippen LogP contribution in [0.15, 0.2) is 34.7 Å². The van der Waals surface area contributed by atoms with Gasteiger partial charge in [-0.1, -0.05) is 46.8 Å². The Bertz CT molecular complexity index is 921. The molecule has 2 aromatic rings. The summed E-state index contributed by atoms with van der Waals surface area (Å²) in [6.07, 6.45) is 0. The van der Waals surface area contributed by atoms with Gasteiger partial charge in [0.25, 0.3) is 17.7 Å². The third-order valence-corrected chi connectivity index (χ3v) is 4.83. The first-order valence-corrected chi connectivity index (χ1v) is 9.98. The van der Waals surface area contributed by atoms with E-state index >= 15 is 0 Å². The number of aryl methyl sites for hydroxylation is 2. The third-order valence-electron chi connectivity index (χ3n) is 4.83. The zero-order valence-corrected chi connectivity index (χ0v) is 18.7. The van der Waals surface area contributed by atoms with Crippen molar-refractivity contribution in [2.24, 2.45) is 5.92 Å². The van der Waals surface area contributed by atoms with Crippen LogP contribution in [0.25, 0.3) is 0 Å². The molecule has 3 N–H and O–H groups in total. The second kappa shape index (κ2) is 9.15. The Morgan fingerprint density at radius 2 is 1.53 bits per heavy atom. The standard InChI is InChI=1S/C23H31N3O4/c1-13(2)19(22(29)26-25-21(28)18-12-14(3)30-15(18)4)24-20(27)16-8-10-17(11-9-16)23(5,6)7/h8-13,19H,1-7H3,(H,24,27)(H,25,28)(H,26,29)/t19-/m1/s1. The molecule has 1 atom stereocenters. The zero-order chi connectivity index (χ0) is 22.6. The number of carbonyl (C=O) groups excluding carboxylic acids is 3. The topological polar surface area (TPSA) is 100 Å². The molecule has 0 aliphatic rings. The van der Waals surface area contributed by atoms with E-state index in [0.29, 0.717) is 22.6 Å². The molecule has 162 valence electrons. The first-order valence-electron chi connectivity index (χ1n) is 9.98. The lowest BCUT2D eigenvalue weighted by Crippen LogP contribution is -2.54. The van der Waals surface area contributed by atoms with E-state index in [1.807, 2.05) is 26.0 Å². The fraction of sp³-hybridized carbons (Fsp3) is 0.435. The van der Waals surface area contributed by atoms with E-state index in [4.69, 9.17) is 4.42 Å². The SMILES string of the molecule is Cc1cc(C(=O)NNC(=O)[C@H](NC(=O)c2ccc(C(C)(C)C)cc2)C(C)C)c(C)o1. The quantitative estimate of drug-likeness (QED) is 0.654. The molecule has 0 unspecified atom stereocenters. The Kier molecular flexibility index (Phi) is 7.08. The van der Waals surface area contributed by atoms with Gasteiger partial charge in [0.05, 0.1) is 5.56 Å². The minimum atomic E-state index is -0.813. The molecule has 3 amide bonds. The molecule has 0 aliphatic heterocycles. The number of carbonyl (C=O) groups is 3. The fourth-order valence-corrected chi connectivity index (χ4v) is 3.00. The summed E-state index contributed by atoms with van der Waals surface area (Å²) in [5.74, 6) is -0.449. The van der Waals surface area contributed by atoms with Crippen molar-refractivity contribution in [3.63, 3.8) is 0 Å². The van der Waals surface area contributed by atoms with Crippen molar-refractivity contribution < 1.29 is 18.8 Å². The molecule has 30 heavy (non-hydrogen) atoms. The highest BCUT2D eigenvalue weighted by molar-refractivity contribution is 5.99. The predicted octanol–water partition coefficient (Wildman–Crippen LogP) is 3.41. The van der Waals surface area contributed by atoms with Crippen LogP contribution < -0.4 is 16.2 Å². The van der Waals surface area contributed by atoms with Gasteiger partial charge in [0.1, 0.15) is 17.6 Å². The van der Waals surface area contributed by atoms with Crippen LogP contribution in [0.2, 0.25) is 0 Å². The number of hydrogen-bond acceptors (Lipinski definition) is 4. The Labute approximate surface area is 177 Å². The first kappa shape index (κ1) is 23.2. The maximum absolute atomic E-state index is 12.6. The summed E-state index contributed by atoms with van der Waals surface area (Å²) in [7, 11) is 0. The van der Waals surface area contributed by atoms with E-state index in [2.05, 4.69) is 36.9 Å². The molecule has 0 aliphatic carbocycles. The van der Waals surface area contributed by atoms with Crippen LogP contribution in [-0.4, -0.2) is 23.8 Å². The van der Waals surface area contributed by atoms with Crippen LogP contribution in [0.1, 0.15) is 72.4 Å². The van der Waals surface area contributed by atoms with Crippen molar-refractivity contribution >= 4 is 17.7 Å². The van der Waals surface area contributed by atoms with Crippen LogP contribution >= 0.6 is 0 Å². The predicted molar refractivity (Wildman–Crippen MR) is 115 cm³/mol. The Balaban J connectivity index is 2.02. The summed E-state index contributed by atoms with van der Waals surface area (Å²) < 4.78 is 5.33. The number of benzene rings is 1. The van der Waals surface area contributed by atoms with Gasteiger partial charge in [-0.05, 0) is 48.9 Å². The van der Waals surface area contributed by atoms with E-state index in [1.165, 1.54) is 0 Å². The van der Waals surface area contributed by atoms with Crippen molar-refractivity contribution in [3.8, 4) is 0 Å². The van der Waals surface area contributed by atoms with Crippen LogP contribution in [0, 0.1) is 19.8 Å². The summed E-state index contributed by atoms with van der Waals surface area (Å²) in [6.45, 7) is 13.3. The molecule has 2 rings (SSSR count). The lowest BCUT2D eigenvalue weighted by Gasteiger charge is -2.22. The highest BCUT2D eigenvalue weighted by atomic mass is 16.3. The molecular formula is C23H31N3O4. The van der Waals surface area contributed by atoms with Gasteiger partial charge in [0, 0.05) is 5.56 Å². The van der Waals surface area contributed by atoms with Gasteiger partial charge in [0.2, 0.25) is 0 Å². The molecule has 1 heterocycles. The summed E-state index contributed by atoms with van der Waals surface area (Å²) in [5, 5.41) is 2.75. The Morgan fingerprint density at radius 1 is 0.933 bits per heavy atom. The third kappa shape index (κ3) is 5.72. The lowest BCUT2D eigenvalue weighted by molar-refractivity contribution is -0.124. The molecule has 0 radical (unpaired) electrons. The first-order chi connectivity index (χ1) is 13.9. The largest absolute Gasteiger partial charge is 0.466 e. The van der Waals surface area contributed by atoms with Crippen LogP contribution in [-0.2, 0) is 10.2 Å². The van der Waals surface area contributed by atoms with Gasteiger partial charge in [-0.3, -0.25) is 25.2 Å². The highest BCUT2D eigenvalue weighted by Crippen LogP contribution is 2.22. The molecule has 7 nitrogen and oxygen atoms in total. The Morgan fingerprint density at radius 3 is 2.00 bits per heavy atom. The van der Waals surface area contributed by atoms with Crippen molar-refractivity contribution in [2.75, 3.05) is 0 Å². The van der Waals surface area contributed by atoms with E-state index < -0.39 is 17.9 Å². The fourth-order valence-electron chi connectivity index (χ4n) is 3.00. The maximum Gasteiger partial charge on any atom is 0.273 e. The minimum absolute atomic E-state index is 0.0144. The van der Waals surface area contributed by atoms with Gasteiger partial charge >= 0.3 is 0 Å². The van der Waals surface area contributed by atoms with Gasteiger partial charge in [0.15, 0.2) is 0 Å². The van der Waals surface area contributed by atoms with Gasteiger partial charge < -0.3 is 9.73 Å². The van der Waals surface area contributed by atoms with Crippen molar-refractivity contribution in [1.82, 2.24) is 16.2 Å². The van der Waals surface area contributed by atoms with Crippen LogP contribution in [0.3, 0.4) is 0 Å². The van der Waals surface area contributed by atoms with Gasteiger partial charge in [-0.15, -0.1) is 0 Å². The van der Waals surface area contributed by atoms with E-state index in [-0.39, 0.29) is 17.2 Å². The van der Waals surface area contributed by atoms with Crippen LogP contribution in [0.4, 0.5) is 0 Å². The molecule has 1 aromatic heterocycles. The highest BCUT2D eigenvalue weighted by Gasteiger charge is 2.26. The summed E-state index contributed by atoms with van der Waals surface area (Å²) in [5.41, 5.74) is 6.68. The average molecular weight is 414 g/mol. The summed E-state index contributed by atoms with van der Waals surface area (Å²) in [4.78, 5) is 37.5. The van der Waals surface area contributed by atoms with E-state index in [1.54, 1.807) is 32.0 Å². The smallest absolute Gasteiger partial charge is 0.273 e. The molecular weight excluding hydrogens is 382 g/mol. The maximum atomic E-state index is 12.6. The molecule has 0 saturated carbocycles. The number of rotatable bonds is 5. The van der Waals surface area contributed by atoms with Crippen molar-refractivity contribution in [2.45, 2.75) is 59.9 Å². The molecule has 0 spiro atoms. The minimum Gasteiger partial charge on any atom is -0.466 e. The van der Waals surface area contributed by atoms with E-state index in [9.17, 15) is 14.4 Å². The number of nitrogens with one attached hydrogen (secondary N) is 3. The van der Waals surface area contributed by atoms with Crippen molar-refractivity contribution in [3.05, 3.63) is 58.5 Å². The number of hydrazine groups is 1. The molecule has 7 heteroatoms. The molecule has 0 bridgehead atoms. The molecule has 0 saturated heterocycles. The van der Waals surface area contributed by atoms with Crippen molar-refractivity contribution in [1.29, 1.82) is 0 Å². The number of hydrogen-bond donors (Lipinski definition) is 3. The average Bonchev–Trinajstić information content (AvgIpc) is 3.01. The normalized spacial score (nSPS) is 12.4. The number of amides is 3. The Hall–Kier alpha value is -3.09. The number of furan rings is 1. The van der Waals surface area contributed by atoms with Gasteiger partial charge in [-0.25, -0.2) is 0 Å². The summed E-state index contributed by atoms with van der Waals surface area (Å²) in [6, 6.07) is 8.10. The van der Waals surface area contributed by atoms with Gasteiger partial charge in [-0.2, -0.15) is 0 Å². The molecule has 0 fully saturated rings. The monoisotopic (exact) mass is 413 g/mol.